The number of fused-ring (bicyclic) bond motifs is 2. The molecule has 3 aromatic rings. The molecule has 1 N–H and O–H groups in total. The average molecular weight is 471 g/mol. The van der Waals surface area contributed by atoms with Gasteiger partial charge in [-0.2, -0.15) is 0 Å². The number of hydrazone groups is 1. The highest BCUT2D eigenvalue weighted by Gasteiger charge is 2.35. The zero-order valence-corrected chi connectivity index (χ0v) is 19.8. The number of ether oxygens (including phenoxy) is 1. The Kier molecular flexibility index (Phi) is 6.62. The van der Waals surface area contributed by atoms with Crippen LogP contribution in [0.2, 0.25) is 0 Å². The summed E-state index contributed by atoms with van der Waals surface area (Å²) >= 11 is 1.56. The van der Waals surface area contributed by atoms with Gasteiger partial charge in [0, 0.05) is 16.5 Å². The maximum absolute atomic E-state index is 13.2. The van der Waals surface area contributed by atoms with Crippen molar-refractivity contribution in [2.45, 2.75) is 32.5 Å². The predicted molar refractivity (Wildman–Crippen MR) is 135 cm³/mol. The van der Waals surface area contributed by atoms with Crippen LogP contribution in [-0.4, -0.2) is 21.8 Å². The first-order valence-corrected chi connectivity index (χ1v) is 12.5. The van der Waals surface area contributed by atoms with Gasteiger partial charge in [-0.1, -0.05) is 91.8 Å². The van der Waals surface area contributed by atoms with Crippen molar-refractivity contribution in [1.29, 1.82) is 0 Å². The van der Waals surface area contributed by atoms with Crippen LogP contribution < -0.4 is 20.6 Å². The molecule has 1 atom stereocenters. The van der Waals surface area contributed by atoms with Crippen molar-refractivity contribution in [3.63, 3.8) is 0 Å². The molecule has 7 heteroatoms. The number of thioether (sulfide) groups is 1. The third-order valence-corrected chi connectivity index (χ3v) is 6.64. The van der Waals surface area contributed by atoms with Gasteiger partial charge in [-0.25, -0.2) is 5.01 Å². The quantitative estimate of drug-likeness (QED) is 0.531. The number of hydrogen-bond acceptors (Lipinski definition) is 6. The van der Waals surface area contributed by atoms with E-state index in [2.05, 4.69) is 12.2 Å². The Morgan fingerprint density at radius 3 is 2.62 bits per heavy atom. The number of amides is 1. The van der Waals surface area contributed by atoms with E-state index in [4.69, 9.17) is 14.8 Å². The minimum absolute atomic E-state index is 0.163. The van der Waals surface area contributed by atoms with E-state index in [-0.39, 0.29) is 5.91 Å². The third-order valence-electron chi connectivity index (χ3n) is 5.69. The molecule has 0 aliphatic carbocycles. The lowest BCUT2D eigenvalue weighted by atomic mass is 10.1. The first kappa shape index (κ1) is 22.2. The summed E-state index contributed by atoms with van der Waals surface area (Å²) in [5, 5.41) is 11.7. The number of nitrogens with one attached hydrogen (secondary N) is 1. The van der Waals surface area contributed by atoms with E-state index in [0.717, 1.165) is 46.0 Å². The molecule has 2 heterocycles. The third kappa shape index (κ3) is 4.56. The summed E-state index contributed by atoms with van der Waals surface area (Å²) in [5.41, 5.74) is 2.45. The van der Waals surface area contributed by atoms with Gasteiger partial charge in [0.15, 0.2) is 11.3 Å². The summed E-state index contributed by atoms with van der Waals surface area (Å²) in [7, 11) is 0. The van der Waals surface area contributed by atoms with Crippen LogP contribution in [0.25, 0.3) is 5.70 Å². The highest BCUT2D eigenvalue weighted by atomic mass is 32.2. The van der Waals surface area contributed by atoms with Crippen molar-refractivity contribution in [3.05, 3.63) is 101 Å². The molecule has 1 amide bonds. The minimum Gasteiger partial charge on any atom is -0.488 e. The highest BCUT2D eigenvalue weighted by Crippen LogP contribution is 2.35. The summed E-state index contributed by atoms with van der Waals surface area (Å²) in [6.07, 6.45) is 1.64. The lowest BCUT2D eigenvalue weighted by molar-refractivity contribution is -0.116. The number of para-hydroxylation sites is 2. The van der Waals surface area contributed by atoms with E-state index >= 15 is 0 Å². The number of nitrogens with zero attached hydrogens (tertiary/aromatic N) is 3. The fourth-order valence-corrected chi connectivity index (χ4v) is 4.91. The molecular formula is C27H26N4O2S. The number of unbranched alkanes of at least 4 members (excludes halogenated alkanes) is 1. The van der Waals surface area contributed by atoms with Crippen LogP contribution in [0.1, 0.15) is 37.1 Å². The van der Waals surface area contributed by atoms with E-state index in [9.17, 15) is 4.79 Å². The molecule has 34 heavy (non-hydrogen) atoms. The molecule has 0 fully saturated rings. The maximum Gasteiger partial charge on any atom is 0.276 e. The van der Waals surface area contributed by atoms with E-state index in [1.807, 2.05) is 78.9 Å². The van der Waals surface area contributed by atoms with Gasteiger partial charge in [-0.05, 0) is 24.1 Å². The molecule has 1 unspecified atom stereocenters. The molecule has 172 valence electrons. The number of hydrogen-bond donors (Lipinski definition) is 1. The second-order valence-corrected chi connectivity index (χ2v) is 9.17. The minimum atomic E-state index is -0.510. The predicted octanol–water partition coefficient (Wildman–Crippen LogP) is 3.94. The van der Waals surface area contributed by atoms with Crippen molar-refractivity contribution in [1.82, 2.24) is 10.3 Å². The maximum atomic E-state index is 13.2. The molecule has 0 aromatic heterocycles. The molecule has 0 saturated heterocycles. The zero-order valence-electron chi connectivity index (χ0n) is 19.0. The van der Waals surface area contributed by atoms with E-state index in [1.165, 1.54) is 0 Å². The van der Waals surface area contributed by atoms with Gasteiger partial charge in [0.2, 0.25) is 0 Å². The summed E-state index contributed by atoms with van der Waals surface area (Å²) in [6.45, 7) is 2.59. The first-order valence-electron chi connectivity index (χ1n) is 11.5. The molecule has 5 rings (SSSR count). The van der Waals surface area contributed by atoms with Gasteiger partial charge in [0.1, 0.15) is 18.1 Å². The summed E-state index contributed by atoms with van der Waals surface area (Å²) < 4.78 is 6.23. The number of rotatable bonds is 7. The Labute approximate surface area is 203 Å². The van der Waals surface area contributed by atoms with Gasteiger partial charge in [-0.3, -0.25) is 15.1 Å². The monoisotopic (exact) mass is 470 g/mol. The van der Waals surface area contributed by atoms with Gasteiger partial charge in [-0.15, -0.1) is 5.10 Å². The van der Waals surface area contributed by atoms with Crippen LogP contribution in [0.15, 0.2) is 89.0 Å². The Hall–Kier alpha value is -3.58. The normalized spacial score (nSPS) is 16.7. The molecule has 6 nitrogen and oxygen atoms in total. The van der Waals surface area contributed by atoms with E-state index < -0.39 is 6.17 Å². The van der Waals surface area contributed by atoms with Gasteiger partial charge < -0.3 is 4.74 Å². The number of carbonyl (C=O) groups is 1. The summed E-state index contributed by atoms with van der Waals surface area (Å²) in [5.74, 6) is 1.46. The van der Waals surface area contributed by atoms with Crippen molar-refractivity contribution < 1.29 is 9.53 Å². The van der Waals surface area contributed by atoms with Gasteiger partial charge >= 0.3 is 0 Å². The molecular weight excluding hydrogens is 444 g/mol. The van der Waals surface area contributed by atoms with Crippen LogP contribution >= 0.6 is 11.8 Å². The van der Waals surface area contributed by atoms with Gasteiger partial charge in [0.25, 0.3) is 5.91 Å². The summed E-state index contributed by atoms with van der Waals surface area (Å²) in [6, 6.07) is 25.6. The number of benzene rings is 3. The molecule has 0 radical (unpaired) electrons. The SMILES string of the molecule is CCCCSC1=NN2C(=c3ccccc3=NC2c2ccccc2OCc2ccccc2)C(=O)N1. The Morgan fingerprint density at radius 2 is 1.76 bits per heavy atom. The largest absolute Gasteiger partial charge is 0.488 e. The number of carbonyl (C=O) groups excluding carboxylic acids is 1. The Balaban J connectivity index is 1.55. The second-order valence-electron chi connectivity index (χ2n) is 8.09. The molecule has 2 aliphatic heterocycles. The lowest BCUT2D eigenvalue weighted by Gasteiger charge is -2.34. The average Bonchev–Trinajstić information content (AvgIpc) is 2.88. The smallest absolute Gasteiger partial charge is 0.276 e. The van der Waals surface area contributed by atoms with Crippen LogP contribution in [0, 0.1) is 0 Å². The Morgan fingerprint density at radius 1 is 1.00 bits per heavy atom. The topological polar surface area (TPSA) is 66.3 Å². The van der Waals surface area contributed by atoms with Crippen LogP contribution in [0.4, 0.5) is 0 Å². The molecule has 2 aliphatic rings. The van der Waals surface area contributed by atoms with Crippen molar-refractivity contribution in [2.24, 2.45) is 10.1 Å². The highest BCUT2D eigenvalue weighted by molar-refractivity contribution is 8.13. The molecule has 0 saturated carbocycles. The first-order chi connectivity index (χ1) is 16.7. The molecule has 3 aromatic carbocycles. The van der Waals surface area contributed by atoms with Gasteiger partial charge in [0.05, 0.1) is 5.36 Å². The van der Waals surface area contributed by atoms with Crippen LogP contribution in [0.3, 0.4) is 0 Å². The summed E-state index contributed by atoms with van der Waals surface area (Å²) in [4.78, 5) is 18.3. The molecule has 0 bridgehead atoms. The van der Waals surface area contributed by atoms with Crippen molar-refractivity contribution >= 4 is 28.5 Å². The Bertz CT molecular complexity index is 1340. The zero-order chi connectivity index (χ0) is 23.3. The van der Waals surface area contributed by atoms with Crippen LogP contribution in [-0.2, 0) is 11.4 Å². The standard InChI is InChI=1S/C27H26N4O2S/c1-2-3-17-34-27-29-26(32)24-20-13-7-9-15-22(20)28-25(31(24)30-27)21-14-8-10-16-23(21)33-18-19-11-5-4-6-12-19/h4-16,25H,2-3,17-18H2,1H3,(H,29,30,32). The van der Waals surface area contributed by atoms with Crippen molar-refractivity contribution in [2.75, 3.05) is 5.75 Å². The van der Waals surface area contributed by atoms with Crippen LogP contribution in [0.5, 0.6) is 5.75 Å². The van der Waals surface area contributed by atoms with Crippen molar-refractivity contribution in [3.8, 4) is 5.75 Å². The number of amidine groups is 1. The lowest BCUT2D eigenvalue weighted by Crippen LogP contribution is -2.50. The fourth-order valence-electron chi connectivity index (χ4n) is 3.97. The second kappa shape index (κ2) is 10.1. The van der Waals surface area contributed by atoms with E-state index in [1.54, 1.807) is 16.8 Å². The van der Waals surface area contributed by atoms with E-state index in [0.29, 0.717) is 17.5 Å². The molecule has 0 spiro atoms. The fraction of sp³-hybridized carbons (Fsp3) is 0.222.